The van der Waals surface area contributed by atoms with E-state index in [-0.39, 0.29) is 25.7 Å². The highest BCUT2D eigenvalue weighted by Gasteiger charge is 2.30. The zero-order valence-corrected chi connectivity index (χ0v) is 59.1. The maximum Gasteiger partial charge on any atom is 0.472 e. The Kier molecular flexibility index (Phi) is 57.6. The number of phosphoric ester groups is 2. The largest absolute Gasteiger partial charge is 0.472 e. The Morgan fingerprint density at radius 3 is 0.705 bits per heavy atom. The third-order valence-electron chi connectivity index (χ3n) is 15.8. The predicted octanol–water partition coefficient (Wildman–Crippen LogP) is 19.3. The molecule has 0 spiro atoms. The molecule has 0 aliphatic carbocycles. The summed E-state index contributed by atoms with van der Waals surface area (Å²) in [7, 11) is -9.90. The van der Waals surface area contributed by atoms with Gasteiger partial charge in [-0.2, -0.15) is 0 Å². The van der Waals surface area contributed by atoms with Crippen molar-refractivity contribution >= 4 is 39.5 Å². The minimum Gasteiger partial charge on any atom is -0.462 e. The number of hydrogen-bond donors (Lipinski definition) is 3. The molecule has 0 heterocycles. The summed E-state index contributed by atoms with van der Waals surface area (Å²) in [5, 5.41) is 10.6. The van der Waals surface area contributed by atoms with Gasteiger partial charge in [-0.1, -0.05) is 287 Å². The van der Waals surface area contributed by atoms with Crippen molar-refractivity contribution in [1.29, 1.82) is 0 Å². The molecule has 2 unspecified atom stereocenters. The van der Waals surface area contributed by atoms with E-state index in [4.69, 9.17) is 37.0 Å². The van der Waals surface area contributed by atoms with Gasteiger partial charge in [0.1, 0.15) is 19.3 Å². The van der Waals surface area contributed by atoms with E-state index in [9.17, 15) is 43.2 Å². The third kappa shape index (κ3) is 62.8. The van der Waals surface area contributed by atoms with Crippen LogP contribution in [0.2, 0.25) is 0 Å². The van der Waals surface area contributed by atoms with Crippen molar-refractivity contribution in [3.63, 3.8) is 0 Å². The minimum absolute atomic E-state index is 0.102. The van der Waals surface area contributed by atoms with Gasteiger partial charge < -0.3 is 33.8 Å². The molecule has 0 fully saturated rings. The SMILES string of the molecule is CC(C)CCCCCCCCCCCCCCCCC(=O)O[C@H](COC(=O)CCCCCCCCC(C)C)COP(=O)(O)OC[C@H](O)COP(=O)(O)OC[C@@H](COC(=O)CCCCCCCCCCCC(C)C)OC(=O)CCCCCCCCCC(C)C. The molecule has 0 aliphatic heterocycles. The van der Waals surface area contributed by atoms with Crippen molar-refractivity contribution in [3.05, 3.63) is 0 Å². The summed E-state index contributed by atoms with van der Waals surface area (Å²) >= 11 is 0. The summed E-state index contributed by atoms with van der Waals surface area (Å²) in [6.07, 6.45) is 40.6. The molecule has 0 saturated carbocycles. The van der Waals surface area contributed by atoms with E-state index in [0.29, 0.717) is 37.5 Å². The van der Waals surface area contributed by atoms with Gasteiger partial charge >= 0.3 is 39.5 Å². The third-order valence-corrected chi connectivity index (χ3v) is 17.7. The van der Waals surface area contributed by atoms with Crippen LogP contribution in [0, 0.1) is 23.7 Å². The van der Waals surface area contributed by atoms with Crippen LogP contribution in [-0.4, -0.2) is 96.7 Å². The van der Waals surface area contributed by atoms with Crippen LogP contribution in [0.1, 0.15) is 338 Å². The molecule has 0 saturated heterocycles. The molecule has 0 aliphatic rings. The molecule has 3 N–H and O–H groups in total. The van der Waals surface area contributed by atoms with Crippen molar-refractivity contribution in [2.24, 2.45) is 23.7 Å². The Labute approximate surface area is 537 Å². The average Bonchev–Trinajstić information content (AvgIpc) is 3.67. The van der Waals surface area contributed by atoms with Crippen LogP contribution < -0.4 is 0 Å². The van der Waals surface area contributed by atoms with E-state index >= 15 is 0 Å². The van der Waals surface area contributed by atoms with Crippen molar-refractivity contribution in [1.82, 2.24) is 0 Å². The highest BCUT2D eigenvalue weighted by Crippen LogP contribution is 2.45. The number of carbonyl (C=O) groups is 4. The Bertz CT molecular complexity index is 1750. The first-order valence-electron chi connectivity index (χ1n) is 35.7. The zero-order valence-electron chi connectivity index (χ0n) is 57.3. The maximum absolute atomic E-state index is 13.0. The number of unbranched alkanes of at least 4 members (excludes halogenated alkanes) is 32. The first-order valence-corrected chi connectivity index (χ1v) is 38.7. The van der Waals surface area contributed by atoms with Gasteiger partial charge in [-0.3, -0.25) is 37.3 Å². The Morgan fingerprint density at radius 2 is 0.477 bits per heavy atom. The van der Waals surface area contributed by atoms with Crippen LogP contribution in [0.4, 0.5) is 0 Å². The zero-order chi connectivity index (χ0) is 65.4. The summed E-state index contributed by atoms with van der Waals surface area (Å²) in [5.74, 6) is 0.779. The number of hydrogen-bond acceptors (Lipinski definition) is 15. The lowest BCUT2D eigenvalue weighted by molar-refractivity contribution is -0.161. The fourth-order valence-corrected chi connectivity index (χ4v) is 11.9. The van der Waals surface area contributed by atoms with Crippen LogP contribution in [0.5, 0.6) is 0 Å². The second kappa shape index (κ2) is 58.8. The molecule has 0 rings (SSSR count). The smallest absolute Gasteiger partial charge is 0.462 e. The van der Waals surface area contributed by atoms with Crippen LogP contribution in [0.15, 0.2) is 0 Å². The molecular weight excluding hydrogens is 1160 g/mol. The van der Waals surface area contributed by atoms with Crippen molar-refractivity contribution in [2.75, 3.05) is 39.6 Å². The monoisotopic (exact) mass is 1300 g/mol. The molecule has 0 aromatic rings. The second-order valence-electron chi connectivity index (χ2n) is 26.8. The predicted molar refractivity (Wildman–Crippen MR) is 354 cm³/mol. The summed E-state index contributed by atoms with van der Waals surface area (Å²) in [6.45, 7) is 14.0. The van der Waals surface area contributed by atoms with E-state index in [2.05, 4.69) is 55.4 Å². The van der Waals surface area contributed by atoms with Gasteiger partial charge in [0.15, 0.2) is 12.2 Å². The van der Waals surface area contributed by atoms with E-state index in [1.807, 2.05) is 0 Å². The van der Waals surface area contributed by atoms with Gasteiger partial charge in [0.25, 0.3) is 0 Å². The van der Waals surface area contributed by atoms with Gasteiger partial charge in [0.05, 0.1) is 26.4 Å². The summed E-state index contributed by atoms with van der Waals surface area (Å²) in [6, 6.07) is 0. The van der Waals surface area contributed by atoms with Crippen molar-refractivity contribution < 1.29 is 80.2 Å². The van der Waals surface area contributed by atoms with Crippen LogP contribution in [0.25, 0.3) is 0 Å². The van der Waals surface area contributed by atoms with Crippen molar-refractivity contribution in [3.8, 4) is 0 Å². The molecule has 17 nitrogen and oxygen atoms in total. The molecular formula is C69H134O17P2. The van der Waals surface area contributed by atoms with E-state index < -0.39 is 97.5 Å². The fraction of sp³-hybridized carbons (Fsp3) is 0.942. The Balaban J connectivity index is 5.21. The molecule has 0 bridgehead atoms. The number of carbonyl (C=O) groups excluding carboxylic acids is 4. The summed E-state index contributed by atoms with van der Waals surface area (Å²) < 4.78 is 68.2. The van der Waals surface area contributed by atoms with Crippen LogP contribution in [0.3, 0.4) is 0 Å². The number of ether oxygens (including phenoxy) is 4. The van der Waals surface area contributed by atoms with E-state index in [1.54, 1.807) is 0 Å². The van der Waals surface area contributed by atoms with Crippen molar-refractivity contribution in [2.45, 2.75) is 356 Å². The first kappa shape index (κ1) is 86.1. The molecule has 5 atom stereocenters. The van der Waals surface area contributed by atoms with Crippen LogP contribution in [-0.2, 0) is 65.4 Å². The Morgan fingerprint density at radius 1 is 0.284 bits per heavy atom. The van der Waals surface area contributed by atoms with E-state index in [1.165, 1.54) is 135 Å². The molecule has 0 amide bonds. The fourth-order valence-electron chi connectivity index (χ4n) is 10.3. The number of aliphatic hydroxyl groups is 1. The number of phosphoric acid groups is 2. The molecule has 0 radical (unpaired) electrons. The standard InChI is InChI=1S/C69H134O17P2/c1-59(2)45-37-29-21-16-13-11-9-10-12-14-18-25-35-43-51-68(73)85-65(56-80-67(72)50-42-34-28-27-32-40-48-62(7)8)58-84-88(77,78)82-54-63(70)53-81-87(75,76)83-57-64(86-69(74)52-44-36-26-20-23-31-39-47-61(5)6)55-79-66(71)49-41-33-24-19-15-17-22-30-38-46-60(3)4/h59-65,70H,9-58H2,1-8H3,(H,75,76)(H,77,78)/t63-,64-,65-/m1/s1. The maximum atomic E-state index is 13.0. The minimum atomic E-state index is -4.95. The van der Waals surface area contributed by atoms with Gasteiger partial charge in [0, 0.05) is 25.7 Å². The second-order valence-corrected chi connectivity index (χ2v) is 29.7. The molecule has 0 aromatic carbocycles. The van der Waals surface area contributed by atoms with Gasteiger partial charge in [-0.05, 0) is 49.4 Å². The number of esters is 4. The van der Waals surface area contributed by atoms with Crippen LogP contribution >= 0.6 is 15.6 Å². The first-order chi connectivity index (χ1) is 42.1. The normalized spacial score (nSPS) is 14.3. The quantitative estimate of drug-likeness (QED) is 0.0222. The number of rotatable bonds is 66. The molecule has 88 heavy (non-hydrogen) atoms. The topological polar surface area (TPSA) is 237 Å². The van der Waals surface area contributed by atoms with Gasteiger partial charge in [0.2, 0.25) is 0 Å². The highest BCUT2D eigenvalue weighted by atomic mass is 31.2. The molecule has 19 heteroatoms. The average molecular weight is 1300 g/mol. The summed E-state index contributed by atoms with van der Waals surface area (Å²) in [5.41, 5.74) is 0. The lowest BCUT2D eigenvalue weighted by Crippen LogP contribution is -2.30. The van der Waals surface area contributed by atoms with Gasteiger partial charge in [-0.25, -0.2) is 9.13 Å². The summed E-state index contributed by atoms with van der Waals surface area (Å²) in [4.78, 5) is 72.4. The Hall–Kier alpha value is -1.94. The lowest BCUT2D eigenvalue weighted by Gasteiger charge is -2.21. The molecule has 522 valence electrons. The van der Waals surface area contributed by atoms with E-state index in [0.717, 1.165) is 108 Å². The highest BCUT2D eigenvalue weighted by molar-refractivity contribution is 7.47. The van der Waals surface area contributed by atoms with Gasteiger partial charge in [-0.15, -0.1) is 0 Å². The lowest BCUT2D eigenvalue weighted by atomic mass is 10.0. The molecule has 0 aromatic heterocycles. The number of aliphatic hydroxyl groups excluding tert-OH is 1.